The Morgan fingerprint density at radius 1 is 1.40 bits per heavy atom. The summed E-state index contributed by atoms with van der Waals surface area (Å²) in [6, 6.07) is 5.64. The Labute approximate surface area is 90.6 Å². The normalized spacial score (nSPS) is 15.5. The summed E-state index contributed by atoms with van der Waals surface area (Å²) in [5.74, 6) is 0.322. The predicted octanol–water partition coefficient (Wildman–Crippen LogP) is 2.04. The quantitative estimate of drug-likeness (QED) is 0.840. The average molecular weight is 219 g/mol. The predicted molar refractivity (Wildman–Crippen MR) is 58.8 cm³/mol. The number of carbonyl (C=O) groups excluding carboxylic acids is 1. The molecule has 0 atom stereocenters. The molecule has 0 bridgehead atoms. The molecule has 0 unspecified atom stereocenters. The third kappa shape index (κ3) is 1.59. The summed E-state index contributed by atoms with van der Waals surface area (Å²) in [4.78, 5) is 11.6. The van der Waals surface area contributed by atoms with Crippen LogP contribution in [0.5, 0.6) is 0 Å². The van der Waals surface area contributed by atoms with Gasteiger partial charge in [0.2, 0.25) is 5.91 Å². The van der Waals surface area contributed by atoms with Gasteiger partial charge < -0.3 is 5.32 Å². The third-order valence-electron chi connectivity index (χ3n) is 2.49. The number of nitrogens with one attached hydrogen (secondary N) is 1. The summed E-state index contributed by atoms with van der Waals surface area (Å²) >= 11 is 1.17. The van der Waals surface area contributed by atoms with Gasteiger partial charge in [-0.3, -0.25) is 4.79 Å². The van der Waals surface area contributed by atoms with Crippen molar-refractivity contribution in [3.05, 3.63) is 18.2 Å². The first-order chi connectivity index (χ1) is 7.34. The van der Waals surface area contributed by atoms with Gasteiger partial charge in [0.05, 0.1) is 17.4 Å². The number of benzene rings is 1. The molecule has 1 aromatic carbocycles. The fraction of sp³-hybridized carbons (Fsp3) is 0.300. The number of carbonyl (C=O) groups is 1. The molecule has 1 aliphatic rings. The Morgan fingerprint density at radius 2 is 2.27 bits per heavy atom. The Morgan fingerprint density at radius 3 is 3.07 bits per heavy atom. The SMILES string of the molecule is O=C(Nc1cccc2nsnc12)C1CC1. The van der Waals surface area contributed by atoms with Gasteiger partial charge in [0.1, 0.15) is 11.0 Å². The molecule has 1 aliphatic carbocycles. The molecule has 1 amide bonds. The van der Waals surface area contributed by atoms with Crippen molar-refractivity contribution in [3.8, 4) is 0 Å². The molecular weight excluding hydrogens is 210 g/mol. The summed E-state index contributed by atoms with van der Waals surface area (Å²) in [5.41, 5.74) is 2.41. The minimum atomic E-state index is 0.107. The first kappa shape index (κ1) is 8.79. The van der Waals surface area contributed by atoms with E-state index in [1.165, 1.54) is 11.7 Å². The summed E-state index contributed by atoms with van der Waals surface area (Å²) in [5, 5.41) is 2.90. The van der Waals surface area contributed by atoms with Crippen molar-refractivity contribution in [3.63, 3.8) is 0 Å². The highest BCUT2D eigenvalue weighted by atomic mass is 32.1. The van der Waals surface area contributed by atoms with Crippen LogP contribution in [0.3, 0.4) is 0 Å². The fourth-order valence-electron chi connectivity index (χ4n) is 1.49. The van der Waals surface area contributed by atoms with E-state index < -0.39 is 0 Å². The molecule has 1 N–H and O–H groups in total. The lowest BCUT2D eigenvalue weighted by atomic mass is 10.2. The summed E-state index contributed by atoms with van der Waals surface area (Å²) in [6.45, 7) is 0. The number of nitrogens with zero attached hydrogens (tertiary/aromatic N) is 2. The number of hydrogen-bond donors (Lipinski definition) is 1. The first-order valence-electron chi connectivity index (χ1n) is 4.87. The van der Waals surface area contributed by atoms with Crippen LogP contribution in [0.1, 0.15) is 12.8 Å². The highest BCUT2D eigenvalue weighted by molar-refractivity contribution is 7.00. The van der Waals surface area contributed by atoms with Crippen molar-refractivity contribution in [2.75, 3.05) is 5.32 Å². The van der Waals surface area contributed by atoms with E-state index in [0.29, 0.717) is 0 Å². The lowest BCUT2D eigenvalue weighted by molar-refractivity contribution is -0.117. The topological polar surface area (TPSA) is 54.9 Å². The zero-order valence-corrected chi connectivity index (χ0v) is 8.75. The molecule has 1 aromatic heterocycles. The molecule has 1 saturated carbocycles. The van der Waals surface area contributed by atoms with E-state index >= 15 is 0 Å². The zero-order valence-electron chi connectivity index (χ0n) is 7.93. The van der Waals surface area contributed by atoms with E-state index in [1.807, 2.05) is 18.2 Å². The zero-order chi connectivity index (χ0) is 10.3. The molecule has 0 aliphatic heterocycles. The number of fused-ring (bicyclic) bond motifs is 1. The summed E-state index contributed by atoms with van der Waals surface area (Å²) < 4.78 is 8.29. The van der Waals surface area contributed by atoms with Crippen molar-refractivity contribution >= 4 is 34.4 Å². The van der Waals surface area contributed by atoms with Crippen LogP contribution < -0.4 is 5.32 Å². The Balaban J connectivity index is 1.95. The van der Waals surface area contributed by atoms with Crippen LogP contribution in [0.2, 0.25) is 0 Å². The Bertz CT molecular complexity index is 518. The van der Waals surface area contributed by atoms with Crippen LogP contribution in [0.4, 0.5) is 5.69 Å². The summed E-state index contributed by atoms with van der Waals surface area (Å²) in [7, 11) is 0. The number of hydrogen-bond acceptors (Lipinski definition) is 4. The molecule has 3 rings (SSSR count). The van der Waals surface area contributed by atoms with Crippen molar-refractivity contribution in [1.29, 1.82) is 0 Å². The molecule has 4 nitrogen and oxygen atoms in total. The van der Waals surface area contributed by atoms with Gasteiger partial charge in [-0.25, -0.2) is 0 Å². The molecule has 15 heavy (non-hydrogen) atoms. The Hall–Kier alpha value is -1.49. The van der Waals surface area contributed by atoms with E-state index in [4.69, 9.17) is 0 Å². The number of anilines is 1. The van der Waals surface area contributed by atoms with Crippen LogP contribution in [0.15, 0.2) is 18.2 Å². The Kier molecular flexibility index (Phi) is 1.92. The molecular formula is C10H9N3OS. The molecule has 0 radical (unpaired) electrons. The van der Waals surface area contributed by atoms with E-state index in [1.54, 1.807) is 0 Å². The van der Waals surface area contributed by atoms with Gasteiger partial charge >= 0.3 is 0 Å². The van der Waals surface area contributed by atoms with Crippen LogP contribution in [-0.2, 0) is 4.79 Å². The fourth-order valence-corrected chi connectivity index (χ4v) is 2.04. The molecule has 5 heteroatoms. The largest absolute Gasteiger partial charge is 0.324 e. The summed E-state index contributed by atoms with van der Waals surface area (Å²) in [6.07, 6.45) is 2.02. The molecule has 1 heterocycles. The number of rotatable bonds is 2. The van der Waals surface area contributed by atoms with Crippen LogP contribution >= 0.6 is 11.7 Å². The van der Waals surface area contributed by atoms with Gasteiger partial charge in [0.25, 0.3) is 0 Å². The van der Waals surface area contributed by atoms with Gasteiger partial charge in [-0.1, -0.05) is 6.07 Å². The van der Waals surface area contributed by atoms with Gasteiger partial charge in [-0.2, -0.15) is 8.75 Å². The van der Waals surface area contributed by atoms with E-state index in [-0.39, 0.29) is 11.8 Å². The molecule has 1 fully saturated rings. The second-order valence-electron chi connectivity index (χ2n) is 3.70. The van der Waals surface area contributed by atoms with Gasteiger partial charge in [0.15, 0.2) is 0 Å². The second-order valence-corrected chi connectivity index (χ2v) is 4.23. The average Bonchev–Trinajstić information content (AvgIpc) is 2.97. The van der Waals surface area contributed by atoms with Crippen LogP contribution in [0, 0.1) is 5.92 Å². The maximum atomic E-state index is 11.6. The lowest BCUT2D eigenvalue weighted by Gasteiger charge is -2.03. The van der Waals surface area contributed by atoms with Crippen LogP contribution in [0.25, 0.3) is 11.0 Å². The second kappa shape index (κ2) is 3.27. The lowest BCUT2D eigenvalue weighted by Crippen LogP contribution is -2.13. The number of aromatic nitrogens is 2. The maximum absolute atomic E-state index is 11.6. The molecule has 76 valence electrons. The highest BCUT2D eigenvalue weighted by Crippen LogP contribution is 2.31. The highest BCUT2D eigenvalue weighted by Gasteiger charge is 2.29. The van der Waals surface area contributed by atoms with Gasteiger partial charge in [-0.15, -0.1) is 0 Å². The van der Waals surface area contributed by atoms with E-state index in [0.717, 1.165) is 29.6 Å². The molecule has 0 saturated heterocycles. The van der Waals surface area contributed by atoms with Crippen molar-refractivity contribution < 1.29 is 4.79 Å². The van der Waals surface area contributed by atoms with E-state index in [2.05, 4.69) is 14.1 Å². The monoisotopic (exact) mass is 219 g/mol. The molecule has 0 spiro atoms. The molecule has 2 aromatic rings. The van der Waals surface area contributed by atoms with Crippen molar-refractivity contribution in [1.82, 2.24) is 8.75 Å². The maximum Gasteiger partial charge on any atom is 0.227 e. The van der Waals surface area contributed by atoms with Crippen LogP contribution in [-0.4, -0.2) is 14.7 Å². The van der Waals surface area contributed by atoms with Crippen molar-refractivity contribution in [2.45, 2.75) is 12.8 Å². The minimum absolute atomic E-state index is 0.107. The standard InChI is InChI=1S/C10H9N3OS/c14-10(6-4-5-6)11-7-2-1-3-8-9(7)13-15-12-8/h1-3,6H,4-5H2,(H,11,14). The smallest absolute Gasteiger partial charge is 0.227 e. The third-order valence-corrected chi connectivity index (χ3v) is 3.03. The first-order valence-corrected chi connectivity index (χ1v) is 5.60. The minimum Gasteiger partial charge on any atom is -0.324 e. The van der Waals surface area contributed by atoms with E-state index in [9.17, 15) is 4.79 Å². The van der Waals surface area contributed by atoms with Crippen molar-refractivity contribution in [2.24, 2.45) is 5.92 Å². The van der Waals surface area contributed by atoms with Gasteiger partial charge in [-0.05, 0) is 25.0 Å². The number of amides is 1. The van der Waals surface area contributed by atoms with Gasteiger partial charge in [0, 0.05) is 5.92 Å².